The SMILES string of the molecule is O=C1OCC(CO)(CO)N=C1NNc1cc(C(F)(F)F)ccc1Cl. The number of nitrogens with one attached hydrogen (secondary N) is 2. The van der Waals surface area contributed by atoms with E-state index in [0.29, 0.717) is 0 Å². The molecule has 1 aromatic carbocycles. The number of rotatable bonds is 4. The molecular weight excluding hydrogens is 355 g/mol. The molecule has 0 atom stereocenters. The largest absolute Gasteiger partial charge is 0.457 e. The molecule has 0 amide bonds. The monoisotopic (exact) mass is 367 g/mol. The maximum Gasteiger partial charge on any atom is 0.416 e. The Labute approximate surface area is 139 Å². The number of nitrogens with zero attached hydrogens (tertiary/aromatic N) is 1. The first-order valence-corrected chi connectivity index (χ1v) is 6.96. The molecule has 0 aromatic heterocycles. The van der Waals surface area contributed by atoms with Gasteiger partial charge in [-0.1, -0.05) is 11.6 Å². The first-order chi connectivity index (χ1) is 11.2. The highest BCUT2D eigenvalue weighted by Gasteiger charge is 2.37. The maximum absolute atomic E-state index is 12.7. The van der Waals surface area contributed by atoms with Gasteiger partial charge in [-0.3, -0.25) is 10.9 Å². The van der Waals surface area contributed by atoms with Gasteiger partial charge in [0.25, 0.3) is 0 Å². The molecule has 4 N–H and O–H groups in total. The molecule has 0 saturated heterocycles. The zero-order valence-corrected chi connectivity index (χ0v) is 12.8. The van der Waals surface area contributed by atoms with E-state index in [1.807, 2.05) is 0 Å². The standard InChI is InChI=1S/C13H13ClF3N3O4/c14-8-2-1-7(13(15,16)17)3-9(8)19-20-10-11(23)24-6-12(4-21,5-22)18-10/h1-3,19,21-22H,4-6H2,(H,18,20). The van der Waals surface area contributed by atoms with Crippen molar-refractivity contribution < 1.29 is 32.9 Å². The van der Waals surface area contributed by atoms with Gasteiger partial charge in [-0.25, -0.2) is 9.79 Å². The second-order valence-corrected chi connectivity index (χ2v) is 5.43. The van der Waals surface area contributed by atoms with Gasteiger partial charge in [-0.05, 0) is 18.2 Å². The minimum Gasteiger partial charge on any atom is -0.457 e. The number of aliphatic hydroxyl groups is 2. The number of amidine groups is 1. The van der Waals surface area contributed by atoms with Gasteiger partial charge in [0.15, 0.2) is 0 Å². The van der Waals surface area contributed by atoms with E-state index in [4.69, 9.17) is 16.3 Å². The van der Waals surface area contributed by atoms with E-state index in [0.717, 1.165) is 18.2 Å². The third-order valence-corrected chi connectivity index (χ3v) is 3.54. The Morgan fingerprint density at radius 1 is 1.29 bits per heavy atom. The van der Waals surface area contributed by atoms with Crippen LogP contribution in [0.2, 0.25) is 5.02 Å². The molecule has 0 bridgehead atoms. The smallest absolute Gasteiger partial charge is 0.416 e. The van der Waals surface area contributed by atoms with Crippen molar-refractivity contribution in [3.05, 3.63) is 28.8 Å². The van der Waals surface area contributed by atoms with Crippen LogP contribution in [-0.4, -0.2) is 47.4 Å². The lowest BCUT2D eigenvalue weighted by Crippen LogP contribution is -2.51. The summed E-state index contributed by atoms with van der Waals surface area (Å²) in [5.74, 6) is -1.32. The Bertz CT molecular complexity index is 662. The lowest BCUT2D eigenvalue weighted by atomic mass is 10.0. The van der Waals surface area contributed by atoms with Gasteiger partial charge >= 0.3 is 12.1 Å². The van der Waals surface area contributed by atoms with Crippen LogP contribution in [0.5, 0.6) is 0 Å². The summed E-state index contributed by atoms with van der Waals surface area (Å²) >= 11 is 5.81. The molecule has 0 saturated carbocycles. The predicted octanol–water partition coefficient (Wildman–Crippen LogP) is 0.954. The van der Waals surface area contributed by atoms with Crippen molar-refractivity contribution in [3.63, 3.8) is 0 Å². The summed E-state index contributed by atoms with van der Waals surface area (Å²) in [6.07, 6.45) is -4.56. The van der Waals surface area contributed by atoms with E-state index in [2.05, 4.69) is 15.8 Å². The number of aliphatic hydroxyl groups excluding tert-OH is 2. The van der Waals surface area contributed by atoms with Crippen LogP contribution in [0.15, 0.2) is 23.2 Å². The molecule has 132 valence electrons. The summed E-state index contributed by atoms with van der Waals surface area (Å²) in [6.45, 7) is -1.51. The highest BCUT2D eigenvalue weighted by atomic mass is 35.5. The predicted molar refractivity (Wildman–Crippen MR) is 78.5 cm³/mol. The van der Waals surface area contributed by atoms with Crippen molar-refractivity contribution in [1.29, 1.82) is 0 Å². The number of hydrogen-bond donors (Lipinski definition) is 4. The molecule has 0 radical (unpaired) electrons. The quantitative estimate of drug-likeness (QED) is 0.467. The number of carbonyl (C=O) groups excluding carboxylic acids is 1. The molecule has 0 spiro atoms. The van der Waals surface area contributed by atoms with Crippen LogP contribution < -0.4 is 10.9 Å². The van der Waals surface area contributed by atoms with Crippen LogP contribution >= 0.6 is 11.6 Å². The zero-order chi connectivity index (χ0) is 18.0. The van der Waals surface area contributed by atoms with E-state index in [9.17, 15) is 28.2 Å². The third-order valence-electron chi connectivity index (χ3n) is 3.21. The fourth-order valence-electron chi connectivity index (χ4n) is 1.80. The molecule has 7 nitrogen and oxygen atoms in total. The Kier molecular flexibility index (Phi) is 5.21. The van der Waals surface area contributed by atoms with Crippen molar-refractivity contribution in [3.8, 4) is 0 Å². The molecule has 24 heavy (non-hydrogen) atoms. The number of carbonyl (C=O) groups is 1. The van der Waals surface area contributed by atoms with Gasteiger partial charge in [0.05, 0.1) is 29.5 Å². The Morgan fingerprint density at radius 2 is 1.96 bits per heavy atom. The molecule has 1 aliphatic rings. The second kappa shape index (κ2) is 6.83. The molecule has 11 heteroatoms. The Hall–Kier alpha value is -2.04. The van der Waals surface area contributed by atoms with Crippen LogP contribution in [0.1, 0.15) is 5.56 Å². The summed E-state index contributed by atoms with van der Waals surface area (Å²) in [7, 11) is 0. The van der Waals surface area contributed by atoms with Gasteiger partial charge in [0.1, 0.15) is 12.1 Å². The third kappa shape index (κ3) is 3.89. The first-order valence-electron chi connectivity index (χ1n) is 6.58. The van der Waals surface area contributed by atoms with Gasteiger partial charge in [-0.15, -0.1) is 0 Å². The Morgan fingerprint density at radius 3 is 2.54 bits per heavy atom. The van der Waals surface area contributed by atoms with Crippen LogP contribution in [-0.2, 0) is 15.7 Å². The number of hydrogen-bond acceptors (Lipinski definition) is 7. The van der Waals surface area contributed by atoms with Crippen molar-refractivity contribution in [2.45, 2.75) is 11.7 Å². The molecule has 2 rings (SSSR count). The fourth-order valence-corrected chi connectivity index (χ4v) is 1.96. The summed E-state index contributed by atoms with van der Waals surface area (Å²) in [4.78, 5) is 15.5. The minimum atomic E-state index is -4.56. The lowest BCUT2D eigenvalue weighted by molar-refractivity contribution is -0.140. The number of anilines is 1. The summed E-state index contributed by atoms with van der Waals surface area (Å²) in [5.41, 5.74) is 2.11. The number of hydrazine groups is 1. The topological polar surface area (TPSA) is 103 Å². The second-order valence-electron chi connectivity index (χ2n) is 5.02. The fraction of sp³-hybridized carbons (Fsp3) is 0.385. The molecule has 1 heterocycles. The summed E-state index contributed by atoms with van der Waals surface area (Å²) < 4.78 is 42.9. The van der Waals surface area contributed by atoms with E-state index in [-0.39, 0.29) is 17.3 Å². The number of alkyl halides is 3. The average molecular weight is 368 g/mol. The van der Waals surface area contributed by atoms with Crippen molar-refractivity contribution in [1.82, 2.24) is 5.43 Å². The Balaban J connectivity index is 2.21. The number of aliphatic imine (C=N–C) groups is 1. The van der Waals surface area contributed by atoms with Crippen LogP contribution in [0.4, 0.5) is 18.9 Å². The van der Waals surface area contributed by atoms with Gasteiger partial charge in [0, 0.05) is 0 Å². The number of cyclic esters (lactones) is 1. The van der Waals surface area contributed by atoms with Gasteiger partial charge in [-0.2, -0.15) is 13.2 Å². The maximum atomic E-state index is 12.7. The number of ether oxygens (including phenoxy) is 1. The van der Waals surface area contributed by atoms with E-state index in [1.165, 1.54) is 0 Å². The summed E-state index contributed by atoms with van der Waals surface area (Å²) in [6, 6.07) is 2.60. The van der Waals surface area contributed by atoms with Crippen molar-refractivity contribution >= 4 is 29.1 Å². The van der Waals surface area contributed by atoms with Crippen LogP contribution in [0.25, 0.3) is 0 Å². The van der Waals surface area contributed by atoms with Gasteiger partial charge < -0.3 is 14.9 Å². The molecule has 0 aliphatic carbocycles. The number of benzene rings is 1. The summed E-state index contributed by atoms with van der Waals surface area (Å²) in [5, 5.41) is 18.5. The van der Waals surface area contributed by atoms with Crippen LogP contribution in [0.3, 0.4) is 0 Å². The molecule has 1 aliphatic heterocycles. The molecule has 0 fully saturated rings. The van der Waals surface area contributed by atoms with E-state index < -0.39 is 42.3 Å². The number of esters is 1. The van der Waals surface area contributed by atoms with Crippen LogP contribution in [0, 0.1) is 0 Å². The van der Waals surface area contributed by atoms with E-state index >= 15 is 0 Å². The zero-order valence-electron chi connectivity index (χ0n) is 12.0. The first kappa shape index (κ1) is 18.3. The van der Waals surface area contributed by atoms with Crippen molar-refractivity contribution in [2.75, 3.05) is 25.2 Å². The van der Waals surface area contributed by atoms with Crippen molar-refractivity contribution in [2.24, 2.45) is 4.99 Å². The normalized spacial score (nSPS) is 17.1. The molecule has 0 unspecified atom stereocenters. The molecule has 1 aromatic rings. The van der Waals surface area contributed by atoms with Gasteiger partial charge in [0.2, 0.25) is 5.84 Å². The van der Waals surface area contributed by atoms with E-state index in [1.54, 1.807) is 0 Å². The highest BCUT2D eigenvalue weighted by molar-refractivity contribution is 6.36. The lowest BCUT2D eigenvalue weighted by Gasteiger charge is -2.30. The number of halogens is 4. The minimum absolute atomic E-state index is 0.0316. The highest BCUT2D eigenvalue weighted by Crippen LogP contribution is 2.33. The molecular formula is C13H13ClF3N3O4. The average Bonchev–Trinajstić information content (AvgIpc) is 2.54.